The number of aliphatic hydroxyl groups excluding tert-OH is 1. The van der Waals surface area contributed by atoms with Crippen molar-refractivity contribution in [2.45, 2.75) is 37.7 Å². The van der Waals surface area contributed by atoms with Crippen molar-refractivity contribution in [3.8, 4) is 5.75 Å². The molecule has 2 fully saturated rings. The molecule has 2 saturated heterocycles. The Balaban J connectivity index is 1.21. The van der Waals surface area contributed by atoms with Crippen LogP contribution in [0, 0.1) is 16.0 Å². The zero-order valence-corrected chi connectivity index (χ0v) is 18.6. The minimum atomic E-state index is -0.431. The number of β-amino-alcohol motifs (C(OH)–C–C–N with tert-alkyl or cyclic N) is 1. The summed E-state index contributed by atoms with van der Waals surface area (Å²) >= 11 is 0. The van der Waals surface area contributed by atoms with Gasteiger partial charge in [0.1, 0.15) is 17.8 Å². The molecule has 1 N–H and O–H groups in total. The van der Waals surface area contributed by atoms with Crippen molar-refractivity contribution >= 4 is 11.5 Å². The molecule has 0 amide bonds. The Morgan fingerprint density at radius 1 is 1.09 bits per heavy atom. The second-order valence-electron chi connectivity index (χ2n) is 8.87. The first-order valence-corrected chi connectivity index (χ1v) is 11.4. The number of aromatic nitrogens is 1. The van der Waals surface area contributed by atoms with E-state index in [9.17, 15) is 15.2 Å². The van der Waals surface area contributed by atoms with Gasteiger partial charge in [0, 0.05) is 25.7 Å². The predicted octanol–water partition coefficient (Wildman–Crippen LogP) is 3.46. The monoisotopic (exact) mass is 440 g/mol. The first kappa shape index (κ1) is 22.5. The van der Waals surface area contributed by atoms with Gasteiger partial charge >= 0.3 is 0 Å². The maximum Gasteiger partial charge on any atom is 0.287 e. The van der Waals surface area contributed by atoms with Crippen LogP contribution in [-0.4, -0.2) is 65.9 Å². The van der Waals surface area contributed by atoms with Crippen LogP contribution < -0.4 is 9.64 Å². The van der Waals surface area contributed by atoms with Gasteiger partial charge in [-0.3, -0.25) is 10.1 Å². The maximum absolute atomic E-state index is 10.9. The number of hydrogen-bond acceptors (Lipinski definition) is 7. The fraction of sp³-hybridized carbons (Fsp3) is 0.542. The van der Waals surface area contributed by atoms with E-state index in [0.717, 1.165) is 70.0 Å². The molecule has 0 aliphatic carbocycles. The molecule has 0 radical (unpaired) electrons. The lowest BCUT2D eigenvalue weighted by Gasteiger charge is -2.38. The Morgan fingerprint density at radius 2 is 1.78 bits per heavy atom. The average molecular weight is 441 g/mol. The number of piperidine rings is 2. The van der Waals surface area contributed by atoms with Crippen molar-refractivity contribution in [2.24, 2.45) is 5.92 Å². The standard InChI is InChI=1S/C24H32N4O4/c1-32-22-5-2-18(3-6-22)19-8-12-26(13-9-19)17-23(29)20-10-14-27(15-11-20)24-7-4-21(16-25-24)28(30)31/h2-7,16,19-20,23,29H,8-15,17H2,1H3. The zero-order chi connectivity index (χ0) is 22.5. The average Bonchev–Trinajstić information content (AvgIpc) is 2.85. The molecule has 1 atom stereocenters. The van der Waals surface area contributed by atoms with E-state index in [4.69, 9.17) is 4.74 Å². The van der Waals surface area contributed by atoms with E-state index in [1.165, 1.54) is 17.8 Å². The summed E-state index contributed by atoms with van der Waals surface area (Å²) in [6.45, 7) is 4.38. The van der Waals surface area contributed by atoms with Crippen LogP contribution >= 0.6 is 0 Å². The highest BCUT2D eigenvalue weighted by Crippen LogP contribution is 2.30. The molecule has 8 heteroatoms. The van der Waals surface area contributed by atoms with Gasteiger partial charge in [-0.15, -0.1) is 0 Å². The molecule has 1 aromatic carbocycles. The fourth-order valence-electron chi connectivity index (χ4n) is 4.93. The second-order valence-corrected chi connectivity index (χ2v) is 8.87. The first-order chi connectivity index (χ1) is 15.5. The van der Waals surface area contributed by atoms with Crippen molar-refractivity contribution in [1.29, 1.82) is 0 Å². The largest absolute Gasteiger partial charge is 0.497 e. The highest BCUT2D eigenvalue weighted by molar-refractivity contribution is 5.43. The van der Waals surface area contributed by atoms with Crippen molar-refractivity contribution in [3.63, 3.8) is 0 Å². The summed E-state index contributed by atoms with van der Waals surface area (Å²) in [5, 5.41) is 21.7. The second kappa shape index (κ2) is 10.3. The van der Waals surface area contributed by atoms with E-state index in [2.05, 4.69) is 26.9 Å². The van der Waals surface area contributed by atoms with E-state index in [-0.39, 0.29) is 17.7 Å². The number of ether oxygens (including phenoxy) is 1. The summed E-state index contributed by atoms with van der Waals surface area (Å²) in [6, 6.07) is 11.6. The Hall–Kier alpha value is -2.71. The van der Waals surface area contributed by atoms with E-state index in [1.807, 2.05) is 12.1 Å². The quantitative estimate of drug-likeness (QED) is 0.521. The Bertz CT molecular complexity index is 874. The number of anilines is 1. The molecule has 2 aromatic rings. The van der Waals surface area contributed by atoms with Gasteiger partial charge in [0.25, 0.3) is 5.69 Å². The maximum atomic E-state index is 10.9. The number of hydrogen-bond donors (Lipinski definition) is 1. The highest BCUT2D eigenvalue weighted by Gasteiger charge is 2.29. The molecule has 32 heavy (non-hydrogen) atoms. The van der Waals surface area contributed by atoms with Crippen LogP contribution in [-0.2, 0) is 0 Å². The molecule has 8 nitrogen and oxygen atoms in total. The van der Waals surface area contributed by atoms with Crippen LogP contribution in [0.2, 0.25) is 0 Å². The molecule has 172 valence electrons. The summed E-state index contributed by atoms with van der Waals surface area (Å²) in [6.07, 6.45) is 5.03. The Kier molecular flexibility index (Phi) is 7.22. The SMILES string of the molecule is COc1ccc(C2CCN(CC(O)C3CCN(c4ccc([N+](=O)[O-])cn4)CC3)CC2)cc1. The van der Waals surface area contributed by atoms with Gasteiger partial charge in [-0.05, 0) is 74.4 Å². The zero-order valence-electron chi connectivity index (χ0n) is 18.6. The first-order valence-electron chi connectivity index (χ1n) is 11.4. The fourth-order valence-corrected chi connectivity index (χ4v) is 4.93. The summed E-state index contributed by atoms with van der Waals surface area (Å²) in [7, 11) is 1.69. The lowest BCUT2D eigenvalue weighted by Crippen LogP contribution is -2.44. The molecule has 4 rings (SSSR count). The number of benzene rings is 1. The van der Waals surface area contributed by atoms with Crippen molar-refractivity contribution in [1.82, 2.24) is 9.88 Å². The van der Waals surface area contributed by atoms with Gasteiger partial charge in [-0.1, -0.05) is 12.1 Å². The van der Waals surface area contributed by atoms with E-state index < -0.39 is 4.92 Å². The topological polar surface area (TPSA) is 92.0 Å². The van der Waals surface area contributed by atoms with Gasteiger partial charge in [0.05, 0.1) is 18.1 Å². The normalized spacial score (nSPS) is 19.6. The van der Waals surface area contributed by atoms with Crippen LogP contribution in [0.15, 0.2) is 42.6 Å². The molecule has 2 aliphatic rings. The smallest absolute Gasteiger partial charge is 0.287 e. The van der Waals surface area contributed by atoms with Crippen molar-refractivity contribution in [3.05, 3.63) is 58.3 Å². The lowest BCUT2D eigenvalue weighted by molar-refractivity contribution is -0.385. The van der Waals surface area contributed by atoms with Crippen LogP contribution in [0.1, 0.15) is 37.2 Å². The van der Waals surface area contributed by atoms with Crippen LogP contribution in [0.3, 0.4) is 0 Å². The van der Waals surface area contributed by atoms with Gasteiger partial charge in [0.2, 0.25) is 0 Å². The number of methoxy groups -OCH3 is 1. The molecule has 0 spiro atoms. The van der Waals surface area contributed by atoms with Crippen LogP contribution in [0.25, 0.3) is 0 Å². The van der Waals surface area contributed by atoms with Crippen LogP contribution in [0.5, 0.6) is 5.75 Å². The summed E-state index contributed by atoms with van der Waals surface area (Å²) in [4.78, 5) is 19.1. The molecule has 0 bridgehead atoms. The van der Waals surface area contributed by atoms with Crippen molar-refractivity contribution in [2.75, 3.05) is 44.7 Å². The number of nitrogens with zero attached hydrogens (tertiary/aromatic N) is 4. The van der Waals surface area contributed by atoms with E-state index in [1.54, 1.807) is 13.2 Å². The van der Waals surface area contributed by atoms with Gasteiger partial charge < -0.3 is 19.6 Å². The molecule has 0 saturated carbocycles. The highest BCUT2D eigenvalue weighted by atomic mass is 16.6. The lowest BCUT2D eigenvalue weighted by atomic mass is 9.88. The number of aliphatic hydroxyl groups is 1. The number of likely N-dealkylation sites (tertiary alicyclic amines) is 1. The molecular weight excluding hydrogens is 408 g/mol. The Morgan fingerprint density at radius 3 is 2.34 bits per heavy atom. The molecule has 2 aliphatic heterocycles. The van der Waals surface area contributed by atoms with Crippen LogP contribution in [0.4, 0.5) is 11.5 Å². The van der Waals surface area contributed by atoms with E-state index >= 15 is 0 Å². The third-order valence-corrected chi connectivity index (χ3v) is 6.97. The predicted molar refractivity (Wildman–Crippen MR) is 123 cm³/mol. The minimum absolute atomic E-state index is 0.00909. The molecule has 1 unspecified atom stereocenters. The van der Waals surface area contributed by atoms with Gasteiger partial charge in [-0.25, -0.2) is 4.98 Å². The summed E-state index contributed by atoms with van der Waals surface area (Å²) in [5.41, 5.74) is 1.38. The number of nitro groups is 1. The molecule has 1 aromatic heterocycles. The Labute approximate surface area is 189 Å². The number of rotatable bonds is 7. The number of pyridine rings is 1. The summed E-state index contributed by atoms with van der Waals surface area (Å²) < 4.78 is 5.25. The minimum Gasteiger partial charge on any atom is -0.497 e. The third kappa shape index (κ3) is 5.37. The van der Waals surface area contributed by atoms with Gasteiger partial charge in [0.15, 0.2) is 0 Å². The van der Waals surface area contributed by atoms with E-state index in [0.29, 0.717) is 5.92 Å². The molecular formula is C24H32N4O4. The third-order valence-electron chi connectivity index (χ3n) is 6.97. The van der Waals surface area contributed by atoms with Crippen molar-refractivity contribution < 1.29 is 14.8 Å². The molecule has 3 heterocycles. The van der Waals surface area contributed by atoms with Gasteiger partial charge in [-0.2, -0.15) is 0 Å². The summed E-state index contributed by atoms with van der Waals surface area (Å²) in [5.74, 6) is 2.52.